The third-order valence-electron chi connectivity index (χ3n) is 2.81. The van der Waals surface area contributed by atoms with E-state index in [4.69, 9.17) is 5.26 Å². The Balaban J connectivity index is 1.99. The van der Waals surface area contributed by atoms with Crippen LogP contribution in [-0.2, 0) is 6.42 Å². The van der Waals surface area contributed by atoms with E-state index in [9.17, 15) is 0 Å². The summed E-state index contributed by atoms with van der Waals surface area (Å²) in [6.07, 6.45) is 2.64. The Bertz CT molecular complexity index is 556. The minimum atomic E-state index is 0.721. The fourth-order valence-electron chi connectivity index (χ4n) is 1.83. The normalized spacial score (nSPS) is 9.78. The number of hydrogen-bond donors (Lipinski definition) is 1. The average molecular weight is 237 g/mol. The molecule has 1 aromatic heterocycles. The molecule has 0 spiro atoms. The summed E-state index contributed by atoms with van der Waals surface area (Å²) in [4.78, 5) is 4.27. The number of rotatable bonds is 4. The van der Waals surface area contributed by atoms with E-state index in [1.165, 1.54) is 0 Å². The van der Waals surface area contributed by atoms with E-state index in [1.807, 2.05) is 43.3 Å². The van der Waals surface area contributed by atoms with Gasteiger partial charge in [-0.3, -0.25) is 4.98 Å². The van der Waals surface area contributed by atoms with Crippen LogP contribution in [0.15, 0.2) is 42.6 Å². The topological polar surface area (TPSA) is 48.7 Å². The SMILES string of the molecule is Cc1cccc(NCCc2ccccn2)c1C#N. The first kappa shape index (κ1) is 12.1. The molecule has 1 N–H and O–H groups in total. The lowest BCUT2D eigenvalue weighted by Gasteiger charge is -2.09. The zero-order chi connectivity index (χ0) is 12.8. The van der Waals surface area contributed by atoms with Crippen LogP contribution in [0.5, 0.6) is 0 Å². The van der Waals surface area contributed by atoms with Crippen LogP contribution in [0.1, 0.15) is 16.8 Å². The average Bonchev–Trinajstić information content (AvgIpc) is 2.40. The molecule has 0 saturated heterocycles. The van der Waals surface area contributed by atoms with Crippen LogP contribution in [0.4, 0.5) is 5.69 Å². The van der Waals surface area contributed by atoms with Gasteiger partial charge < -0.3 is 5.32 Å². The zero-order valence-electron chi connectivity index (χ0n) is 10.4. The van der Waals surface area contributed by atoms with Gasteiger partial charge in [-0.1, -0.05) is 18.2 Å². The van der Waals surface area contributed by atoms with Gasteiger partial charge in [0.1, 0.15) is 6.07 Å². The molecule has 2 rings (SSSR count). The molecule has 0 aliphatic carbocycles. The first-order chi connectivity index (χ1) is 8.81. The van der Waals surface area contributed by atoms with E-state index < -0.39 is 0 Å². The van der Waals surface area contributed by atoms with Crippen molar-refractivity contribution in [3.63, 3.8) is 0 Å². The fourth-order valence-corrected chi connectivity index (χ4v) is 1.83. The fraction of sp³-hybridized carbons (Fsp3) is 0.200. The molecule has 2 aromatic rings. The molecule has 0 aliphatic rings. The number of anilines is 1. The van der Waals surface area contributed by atoms with E-state index >= 15 is 0 Å². The van der Waals surface area contributed by atoms with Crippen LogP contribution in [0.3, 0.4) is 0 Å². The number of nitriles is 1. The van der Waals surface area contributed by atoms with Gasteiger partial charge in [-0.2, -0.15) is 5.26 Å². The summed E-state index contributed by atoms with van der Waals surface area (Å²) in [5, 5.41) is 12.4. The molecular weight excluding hydrogens is 222 g/mol. The van der Waals surface area contributed by atoms with Crippen LogP contribution < -0.4 is 5.32 Å². The predicted molar refractivity (Wildman–Crippen MR) is 72.3 cm³/mol. The highest BCUT2D eigenvalue weighted by atomic mass is 14.9. The Morgan fingerprint density at radius 2 is 2.11 bits per heavy atom. The lowest BCUT2D eigenvalue weighted by atomic mass is 10.1. The number of aromatic nitrogens is 1. The summed E-state index contributed by atoms with van der Waals surface area (Å²) in [5.74, 6) is 0. The lowest BCUT2D eigenvalue weighted by Crippen LogP contribution is -2.07. The van der Waals surface area contributed by atoms with Crippen LogP contribution >= 0.6 is 0 Å². The number of benzene rings is 1. The maximum Gasteiger partial charge on any atom is 0.102 e. The molecule has 0 radical (unpaired) electrons. The van der Waals surface area contributed by atoms with Crippen LogP contribution in [0.2, 0.25) is 0 Å². The smallest absolute Gasteiger partial charge is 0.102 e. The van der Waals surface area contributed by atoms with Crippen molar-refractivity contribution in [1.82, 2.24) is 4.98 Å². The van der Waals surface area contributed by atoms with Gasteiger partial charge in [0.2, 0.25) is 0 Å². The molecule has 0 atom stereocenters. The summed E-state index contributed by atoms with van der Waals surface area (Å²) < 4.78 is 0. The lowest BCUT2D eigenvalue weighted by molar-refractivity contribution is 0.960. The Morgan fingerprint density at radius 3 is 2.83 bits per heavy atom. The number of aryl methyl sites for hydroxylation is 1. The summed E-state index contributed by atoms with van der Waals surface area (Å²) in [6, 6.07) is 14.0. The second-order valence-corrected chi connectivity index (χ2v) is 4.11. The molecule has 0 fully saturated rings. The summed E-state index contributed by atoms with van der Waals surface area (Å²) in [7, 11) is 0. The van der Waals surface area contributed by atoms with Gasteiger partial charge in [0.05, 0.1) is 11.3 Å². The van der Waals surface area contributed by atoms with Gasteiger partial charge in [0.15, 0.2) is 0 Å². The number of nitrogens with zero attached hydrogens (tertiary/aromatic N) is 2. The second-order valence-electron chi connectivity index (χ2n) is 4.11. The van der Waals surface area contributed by atoms with Crippen molar-refractivity contribution in [2.75, 3.05) is 11.9 Å². The first-order valence-corrected chi connectivity index (χ1v) is 5.95. The van der Waals surface area contributed by atoms with Gasteiger partial charge in [-0.05, 0) is 30.7 Å². The van der Waals surface area contributed by atoms with E-state index in [0.717, 1.165) is 35.5 Å². The zero-order valence-corrected chi connectivity index (χ0v) is 10.4. The maximum absolute atomic E-state index is 9.11. The van der Waals surface area contributed by atoms with Crippen molar-refractivity contribution in [3.05, 3.63) is 59.4 Å². The van der Waals surface area contributed by atoms with E-state index in [0.29, 0.717) is 0 Å². The van der Waals surface area contributed by atoms with Crippen molar-refractivity contribution in [2.24, 2.45) is 0 Å². The molecule has 1 heterocycles. The molecule has 18 heavy (non-hydrogen) atoms. The van der Waals surface area contributed by atoms with Crippen molar-refractivity contribution in [2.45, 2.75) is 13.3 Å². The summed E-state index contributed by atoms with van der Waals surface area (Å²) in [5.41, 5.74) is 3.67. The van der Waals surface area contributed by atoms with Crippen molar-refractivity contribution in [3.8, 4) is 6.07 Å². The van der Waals surface area contributed by atoms with E-state index in [1.54, 1.807) is 6.20 Å². The van der Waals surface area contributed by atoms with Crippen molar-refractivity contribution >= 4 is 5.69 Å². The highest BCUT2D eigenvalue weighted by molar-refractivity contribution is 5.60. The molecule has 3 nitrogen and oxygen atoms in total. The number of pyridine rings is 1. The van der Waals surface area contributed by atoms with Crippen molar-refractivity contribution < 1.29 is 0 Å². The van der Waals surface area contributed by atoms with Crippen LogP contribution in [0, 0.1) is 18.3 Å². The third-order valence-corrected chi connectivity index (χ3v) is 2.81. The first-order valence-electron chi connectivity index (χ1n) is 5.95. The molecule has 0 amide bonds. The third kappa shape index (κ3) is 2.86. The minimum Gasteiger partial charge on any atom is -0.384 e. The number of hydrogen-bond acceptors (Lipinski definition) is 3. The van der Waals surface area contributed by atoms with Crippen LogP contribution in [0.25, 0.3) is 0 Å². The highest BCUT2D eigenvalue weighted by Gasteiger charge is 2.03. The summed E-state index contributed by atoms with van der Waals surface area (Å²) >= 11 is 0. The second kappa shape index (κ2) is 5.83. The Kier molecular flexibility index (Phi) is 3.93. The largest absolute Gasteiger partial charge is 0.384 e. The highest BCUT2D eigenvalue weighted by Crippen LogP contribution is 2.18. The standard InChI is InChI=1S/C15H15N3/c1-12-5-4-7-15(14(12)11-16)18-10-8-13-6-2-3-9-17-13/h2-7,9,18H,8,10H2,1H3. The molecule has 0 unspecified atom stereocenters. The predicted octanol–water partition coefficient (Wildman–Crippen LogP) is 2.92. The van der Waals surface area contributed by atoms with Gasteiger partial charge >= 0.3 is 0 Å². The van der Waals surface area contributed by atoms with Gasteiger partial charge in [0, 0.05) is 24.9 Å². The molecule has 90 valence electrons. The Morgan fingerprint density at radius 1 is 1.22 bits per heavy atom. The van der Waals surface area contributed by atoms with E-state index in [-0.39, 0.29) is 0 Å². The minimum absolute atomic E-state index is 0.721. The Labute approximate surface area is 107 Å². The quantitative estimate of drug-likeness (QED) is 0.889. The van der Waals surface area contributed by atoms with E-state index in [2.05, 4.69) is 16.4 Å². The Hall–Kier alpha value is -2.34. The molecule has 0 bridgehead atoms. The molecule has 3 heteroatoms. The van der Waals surface area contributed by atoms with Gasteiger partial charge in [0.25, 0.3) is 0 Å². The molecule has 0 saturated carbocycles. The molecule has 1 aromatic carbocycles. The molecular formula is C15H15N3. The monoisotopic (exact) mass is 237 g/mol. The van der Waals surface area contributed by atoms with Gasteiger partial charge in [-0.25, -0.2) is 0 Å². The summed E-state index contributed by atoms with van der Waals surface area (Å²) in [6.45, 7) is 2.72. The van der Waals surface area contributed by atoms with Crippen LogP contribution in [-0.4, -0.2) is 11.5 Å². The molecule has 0 aliphatic heterocycles. The number of nitrogens with one attached hydrogen (secondary N) is 1. The van der Waals surface area contributed by atoms with Crippen molar-refractivity contribution in [1.29, 1.82) is 5.26 Å². The maximum atomic E-state index is 9.11. The van der Waals surface area contributed by atoms with Gasteiger partial charge in [-0.15, -0.1) is 0 Å².